The lowest BCUT2D eigenvalue weighted by Gasteiger charge is -2.49. The van der Waals surface area contributed by atoms with E-state index in [0.29, 0.717) is 0 Å². The van der Waals surface area contributed by atoms with E-state index in [4.69, 9.17) is 14.2 Å². The Labute approximate surface area is 131 Å². The number of ether oxygens (including phenoxy) is 3. The van der Waals surface area contributed by atoms with Crippen LogP contribution in [0.5, 0.6) is 0 Å². The number of aliphatic hydroxyl groups is 2. The molecule has 2 N–H and O–H groups in total. The lowest BCUT2D eigenvalue weighted by Crippen LogP contribution is -2.65. The van der Waals surface area contributed by atoms with E-state index in [2.05, 4.69) is 0 Å². The molecule has 3 heterocycles. The molecule has 0 aromatic rings. The van der Waals surface area contributed by atoms with E-state index in [1.165, 1.54) is 0 Å². The van der Waals surface area contributed by atoms with Crippen LogP contribution in [0.1, 0.15) is 33.6 Å². The van der Waals surface area contributed by atoms with E-state index in [1.807, 2.05) is 0 Å². The molecule has 8 nitrogen and oxygen atoms in total. The molecule has 0 aromatic heterocycles. The number of hydrogen-bond acceptors (Lipinski definition) is 8. The second-order valence-corrected chi connectivity index (χ2v) is 7.89. The quantitative estimate of drug-likeness (QED) is 0.558. The normalized spacial score (nSPS) is 51.0. The van der Waals surface area contributed by atoms with Crippen LogP contribution in [0.25, 0.3) is 0 Å². The zero-order valence-electron chi connectivity index (χ0n) is 13.0. The van der Waals surface area contributed by atoms with Crippen LogP contribution in [0.15, 0.2) is 0 Å². The van der Waals surface area contributed by atoms with Gasteiger partial charge in [0.05, 0.1) is 12.0 Å². The van der Waals surface area contributed by atoms with Gasteiger partial charge in [0.15, 0.2) is 6.10 Å². The van der Waals surface area contributed by atoms with Crippen molar-refractivity contribution in [1.29, 1.82) is 0 Å². The summed E-state index contributed by atoms with van der Waals surface area (Å²) in [6.45, 7) is 5.19. The smallest absolute Gasteiger partial charge is 0.339 e. The summed E-state index contributed by atoms with van der Waals surface area (Å²) in [6.07, 6.45) is -4.58. The highest BCUT2D eigenvalue weighted by Crippen LogP contribution is 2.75. The molecule has 4 rings (SSSR count). The summed E-state index contributed by atoms with van der Waals surface area (Å²) >= 11 is 0. The van der Waals surface area contributed by atoms with Crippen LogP contribution in [0.4, 0.5) is 0 Å². The highest BCUT2D eigenvalue weighted by atomic mass is 16.7. The molecule has 0 unspecified atom stereocenters. The van der Waals surface area contributed by atoms with Crippen LogP contribution in [-0.2, 0) is 28.6 Å². The third-order valence-corrected chi connectivity index (χ3v) is 6.22. The highest BCUT2D eigenvalue weighted by Gasteiger charge is 2.92. The molecule has 8 heteroatoms. The average molecular weight is 326 g/mol. The molecule has 2 spiro atoms. The van der Waals surface area contributed by atoms with Crippen molar-refractivity contribution in [3.63, 3.8) is 0 Å². The number of esters is 3. The minimum Gasteiger partial charge on any atom is -0.461 e. The third-order valence-electron chi connectivity index (χ3n) is 6.22. The summed E-state index contributed by atoms with van der Waals surface area (Å²) in [5.41, 5.74) is -5.91. The molecule has 4 aliphatic rings. The first kappa shape index (κ1) is 14.9. The van der Waals surface area contributed by atoms with Gasteiger partial charge in [-0.3, -0.25) is 9.59 Å². The van der Waals surface area contributed by atoms with E-state index in [-0.39, 0.29) is 12.8 Å². The van der Waals surface area contributed by atoms with Gasteiger partial charge < -0.3 is 24.4 Å². The van der Waals surface area contributed by atoms with Gasteiger partial charge >= 0.3 is 17.9 Å². The molecule has 0 amide bonds. The fraction of sp³-hybridized carbons (Fsp3) is 0.800. The summed E-state index contributed by atoms with van der Waals surface area (Å²) < 4.78 is 15.5. The lowest BCUT2D eigenvalue weighted by molar-refractivity contribution is -0.224. The van der Waals surface area contributed by atoms with Crippen LogP contribution >= 0.6 is 0 Å². The number of carbonyl (C=O) groups is 3. The SMILES string of the molecule is CC(C)(C)[C@@]1(O)C[C@H]2OC(=O)C[C@]23C(=O)O[C@H]2OC(=O)[C@@H](O)[C@]231. The topological polar surface area (TPSA) is 119 Å². The van der Waals surface area contributed by atoms with Crippen molar-refractivity contribution in [1.82, 2.24) is 0 Å². The van der Waals surface area contributed by atoms with Crippen LogP contribution in [0, 0.1) is 16.2 Å². The van der Waals surface area contributed by atoms with Crippen molar-refractivity contribution < 1.29 is 38.8 Å². The van der Waals surface area contributed by atoms with Crippen molar-refractivity contribution in [2.75, 3.05) is 0 Å². The van der Waals surface area contributed by atoms with E-state index in [0.717, 1.165) is 0 Å². The fourth-order valence-electron chi connectivity index (χ4n) is 5.15. The van der Waals surface area contributed by atoms with Gasteiger partial charge in [0.2, 0.25) is 0 Å². The second kappa shape index (κ2) is 3.70. The maximum atomic E-state index is 12.6. The summed E-state index contributed by atoms with van der Waals surface area (Å²) in [5, 5.41) is 22.2. The van der Waals surface area contributed by atoms with Crippen molar-refractivity contribution >= 4 is 17.9 Å². The Kier molecular flexibility index (Phi) is 2.39. The molecule has 1 aliphatic carbocycles. The van der Waals surface area contributed by atoms with Crippen molar-refractivity contribution in [3.8, 4) is 0 Å². The molecule has 3 aliphatic heterocycles. The average Bonchev–Trinajstić information content (AvgIpc) is 3.00. The van der Waals surface area contributed by atoms with Gasteiger partial charge in [-0.25, -0.2) is 4.79 Å². The highest BCUT2D eigenvalue weighted by molar-refractivity contribution is 5.94. The van der Waals surface area contributed by atoms with E-state index in [1.54, 1.807) is 20.8 Å². The van der Waals surface area contributed by atoms with Gasteiger partial charge in [0.25, 0.3) is 6.29 Å². The molecular weight excluding hydrogens is 308 g/mol. The zero-order chi connectivity index (χ0) is 17.0. The first-order valence-electron chi connectivity index (χ1n) is 7.54. The first-order valence-corrected chi connectivity index (χ1v) is 7.54. The van der Waals surface area contributed by atoms with E-state index in [9.17, 15) is 24.6 Å². The summed E-state index contributed by atoms with van der Waals surface area (Å²) in [5.74, 6) is -2.36. The van der Waals surface area contributed by atoms with Crippen LogP contribution < -0.4 is 0 Å². The first-order chi connectivity index (χ1) is 10.5. The monoisotopic (exact) mass is 326 g/mol. The maximum Gasteiger partial charge on any atom is 0.339 e. The minimum absolute atomic E-state index is 0.0679. The van der Waals surface area contributed by atoms with Crippen LogP contribution in [-0.4, -0.2) is 52.2 Å². The molecule has 23 heavy (non-hydrogen) atoms. The summed E-state index contributed by atoms with van der Waals surface area (Å²) in [6, 6.07) is 0. The molecule has 1 saturated carbocycles. The molecule has 0 bridgehead atoms. The Bertz CT molecular complexity index is 650. The number of rotatable bonds is 0. The largest absolute Gasteiger partial charge is 0.461 e. The molecule has 3 saturated heterocycles. The number of hydrogen-bond donors (Lipinski definition) is 2. The zero-order valence-corrected chi connectivity index (χ0v) is 13.0. The number of aliphatic hydroxyl groups excluding tert-OH is 1. The molecule has 6 atom stereocenters. The molecule has 126 valence electrons. The van der Waals surface area contributed by atoms with E-state index >= 15 is 0 Å². The molecule has 0 radical (unpaired) electrons. The lowest BCUT2D eigenvalue weighted by atomic mass is 9.52. The molecule has 0 aromatic carbocycles. The standard InChI is InChI=1S/C15H18O8/c1-12(2,3)14(20)4-6-13(5-7(16)21-6)10(19)23-11-15(13,14)8(17)9(18)22-11/h6,8,11,17,20H,4-5H2,1-3H3/t6-,8-,11-,13-,14+,15+/m1/s1. The molecule has 4 fully saturated rings. The summed E-state index contributed by atoms with van der Waals surface area (Å²) in [7, 11) is 0. The van der Waals surface area contributed by atoms with Gasteiger partial charge in [0, 0.05) is 6.42 Å². The van der Waals surface area contributed by atoms with Gasteiger partial charge in [-0.1, -0.05) is 20.8 Å². The van der Waals surface area contributed by atoms with Gasteiger partial charge in [0.1, 0.15) is 16.9 Å². The Morgan fingerprint density at radius 3 is 2.39 bits per heavy atom. The van der Waals surface area contributed by atoms with Gasteiger partial charge in [-0.05, 0) is 5.41 Å². The Balaban J connectivity index is 2.05. The van der Waals surface area contributed by atoms with Crippen molar-refractivity contribution in [3.05, 3.63) is 0 Å². The van der Waals surface area contributed by atoms with Gasteiger partial charge in [-0.2, -0.15) is 0 Å². The Morgan fingerprint density at radius 2 is 1.78 bits per heavy atom. The Morgan fingerprint density at radius 1 is 1.13 bits per heavy atom. The fourth-order valence-corrected chi connectivity index (χ4v) is 5.15. The molecular formula is C15H18O8. The summed E-state index contributed by atoms with van der Waals surface area (Å²) in [4.78, 5) is 36.5. The minimum atomic E-state index is -1.78. The predicted octanol–water partition coefficient (Wildman–Crippen LogP) is -0.744. The van der Waals surface area contributed by atoms with Crippen molar-refractivity contribution in [2.24, 2.45) is 16.2 Å². The maximum absolute atomic E-state index is 12.6. The number of carbonyl (C=O) groups excluding carboxylic acids is 3. The Hall–Kier alpha value is -1.67. The third kappa shape index (κ3) is 1.20. The van der Waals surface area contributed by atoms with E-state index < -0.39 is 58.3 Å². The van der Waals surface area contributed by atoms with Gasteiger partial charge in [-0.15, -0.1) is 0 Å². The van der Waals surface area contributed by atoms with Crippen LogP contribution in [0.2, 0.25) is 0 Å². The van der Waals surface area contributed by atoms with Crippen LogP contribution in [0.3, 0.4) is 0 Å². The predicted molar refractivity (Wildman–Crippen MR) is 70.4 cm³/mol. The van der Waals surface area contributed by atoms with Crippen molar-refractivity contribution in [2.45, 2.75) is 57.7 Å². The second-order valence-electron chi connectivity index (χ2n) is 7.89.